The van der Waals surface area contributed by atoms with Gasteiger partial charge in [-0.05, 0) is 34.3 Å². The maximum atomic E-state index is 12.3. The monoisotopic (exact) mass is 350 g/mol. The highest BCUT2D eigenvalue weighted by molar-refractivity contribution is 9.10. The lowest BCUT2D eigenvalue weighted by Gasteiger charge is -2.06. The molecule has 7 heteroatoms. The number of hydrogen-bond donors (Lipinski definition) is 2. The molecule has 0 aliphatic heterocycles. The van der Waals surface area contributed by atoms with Gasteiger partial charge in [0.25, 0.3) is 0 Å². The van der Waals surface area contributed by atoms with Crippen molar-refractivity contribution in [3.05, 3.63) is 16.5 Å². The Morgan fingerprint density at radius 2 is 2.16 bits per heavy atom. The van der Waals surface area contributed by atoms with Gasteiger partial charge in [0.05, 0.1) is 6.54 Å². The van der Waals surface area contributed by atoms with Crippen molar-refractivity contribution in [2.75, 3.05) is 6.54 Å². The molecule has 1 atom stereocenters. The normalized spacial score (nSPS) is 21.6. The molecule has 0 radical (unpaired) electrons. The smallest absolute Gasteiger partial charge is 0.245 e. The van der Waals surface area contributed by atoms with Crippen molar-refractivity contribution in [2.45, 2.75) is 44.7 Å². The SMILES string of the molecule is CCNCc1cc(S(=O)(=O)NC2CC2(C)C)c(Br)o1. The van der Waals surface area contributed by atoms with E-state index in [-0.39, 0.29) is 21.0 Å². The molecule has 1 aromatic rings. The molecule has 1 aliphatic rings. The predicted octanol–water partition coefficient (Wildman–Crippen LogP) is 2.23. The van der Waals surface area contributed by atoms with Crippen molar-refractivity contribution in [3.63, 3.8) is 0 Å². The fourth-order valence-electron chi connectivity index (χ4n) is 1.84. The average Bonchev–Trinajstić information content (AvgIpc) is 2.72. The van der Waals surface area contributed by atoms with Gasteiger partial charge in [-0.1, -0.05) is 20.8 Å². The number of furan rings is 1. The Hall–Kier alpha value is -0.370. The first kappa shape index (κ1) is 15.0. The van der Waals surface area contributed by atoms with Crippen LogP contribution in [-0.2, 0) is 16.6 Å². The summed E-state index contributed by atoms with van der Waals surface area (Å²) in [5, 5.41) is 3.09. The third-order valence-electron chi connectivity index (χ3n) is 3.36. The summed E-state index contributed by atoms with van der Waals surface area (Å²) in [4.78, 5) is 0.170. The third kappa shape index (κ3) is 3.39. The minimum Gasteiger partial charge on any atom is -0.452 e. The lowest BCUT2D eigenvalue weighted by atomic mass is 10.2. The molecule has 1 fully saturated rings. The number of halogens is 1. The van der Waals surface area contributed by atoms with Crippen LogP contribution in [-0.4, -0.2) is 21.0 Å². The molecule has 0 amide bonds. The van der Waals surface area contributed by atoms with Gasteiger partial charge in [0.1, 0.15) is 10.7 Å². The lowest BCUT2D eigenvalue weighted by Crippen LogP contribution is -2.28. The average molecular weight is 351 g/mol. The Kier molecular flexibility index (Phi) is 4.11. The fraction of sp³-hybridized carbons (Fsp3) is 0.667. The van der Waals surface area contributed by atoms with E-state index in [9.17, 15) is 8.42 Å². The molecule has 1 aromatic heterocycles. The summed E-state index contributed by atoms with van der Waals surface area (Å²) < 4.78 is 32.9. The van der Waals surface area contributed by atoms with E-state index in [0.29, 0.717) is 12.3 Å². The molecule has 0 saturated heterocycles. The molecule has 19 heavy (non-hydrogen) atoms. The zero-order valence-electron chi connectivity index (χ0n) is 11.3. The molecule has 2 rings (SSSR count). The van der Waals surface area contributed by atoms with E-state index in [1.807, 2.05) is 20.8 Å². The highest BCUT2D eigenvalue weighted by Gasteiger charge is 2.48. The van der Waals surface area contributed by atoms with E-state index in [2.05, 4.69) is 26.0 Å². The number of sulfonamides is 1. The summed E-state index contributed by atoms with van der Waals surface area (Å²) >= 11 is 3.17. The van der Waals surface area contributed by atoms with Crippen LogP contribution in [0.2, 0.25) is 0 Å². The van der Waals surface area contributed by atoms with E-state index in [4.69, 9.17) is 4.42 Å². The number of nitrogens with one attached hydrogen (secondary N) is 2. The Balaban J connectivity index is 2.14. The second kappa shape index (κ2) is 5.20. The highest BCUT2D eigenvalue weighted by atomic mass is 79.9. The summed E-state index contributed by atoms with van der Waals surface area (Å²) in [5.41, 5.74) is 0.0515. The fourth-order valence-corrected chi connectivity index (χ4v) is 4.24. The van der Waals surface area contributed by atoms with E-state index >= 15 is 0 Å². The summed E-state index contributed by atoms with van der Waals surface area (Å²) in [7, 11) is -3.52. The molecule has 1 saturated carbocycles. The first-order valence-corrected chi connectivity index (χ1v) is 8.55. The van der Waals surface area contributed by atoms with Crippen LogP contribution >= 0.6 is 15.9 Å². The van der Waals surface area contributed by atoms with Gasteiger partial charge in [-0.2, -0.15) is 0 Å². The van der Waals surface area contributed by atoms with Gasteiger partial charge in [0.15, 0.2) is 4.67 Å². The second-order valence-electron chi connectivity index (χ2n) is 5.50. The molecule has 108 valence electrons. The van der Waals surface area contributed by atoms with Crippen molar-refractivity contribution in [3.8, 4) is 0 Å². The summed E-state index contributed by atoms with van der Waals surface area (Å²) in [5.74, 6) is 0.601. The Labute approximate surface area is 122 Å². The summed E-state index contributed by atoms with van der Waals surface area (Å²) in [6.45, 7) is 7.38. The Morgan fingerprint density at radius 1 is 1.53 bits per heavy atom. The second-order valence-corrected chi connectivity index (χ2v) is 7.90. The van der Waals surface area contributed by atoms with Crippen LogP contribution in [0.1, 0.15) is 33.0 Å². The summed E-state index contributed by atoms with van der Waals surface area (Å²) in [6.07, 6.45) is 0.867. The van der Waals surface area contributed by atoms with Crippen LogP contribution in [0, 0.1) is 5.41 Å². The van der Waals surface area contributed by atoms with Gasteiger partial charge in [0.2, 0.25) is 10.0 Å². The van der Waals surface area contributed by atoms with Gasteiger partial charge in [-0.15, -0.1) is 0 Å². The first-order valence-electron chi connectivity index (χ1n) is 6.27. The van der Waals surface area contributed by atoms with Crippen LogP contribution in [0.4, 0.5) is 0 Å². The first-order chi connectivity index (χ1) is 8.76. The number of rotatable bonds is 6. The molecule has 1 unspecified atom stereocenters. The minimum atomic E-state index is -3.52. The molecule has 5 nitrogen and oxygen atoms in total. The summed E-state index contributed by atoms with van der Waals surface area (Å²) in [6, 6.07) is 1.57. The molecular formula is C12H19BrN2O3S. The van der Waals surface area contributed by atoms with Gasteiger partial charge in [0, 0.05) is 12.1 Å². The van der Waals surface area contributed by atoms with Gasteiger partial charge in [-0.3, -0.25) is 0 Å². The van der Waals surface area contributed by atoms with Crippen molar-refractivity contribution in [2.24, 2.45) is 5.41 Å². The minimum absolute atomic E-state index is 0.0107. The molecule has 0 spiro atoms. The maximum absolute atomic E-state index is 12.3. The predicted molar refractivity (Wildman–Crippen MR) is 76.3 cm³/mol. The number of hydrogen-bond acceptors (Lipinski definition) is 4. The van der Waals surface area contributed by atoms with Gasteiger partial charge < -0.3 is 9.73 Å². The van der Waals surface area contributed by atoms with Crippen molar-refractivity contribution >= 4 is 26.0 Å². The van der Waals surface area contributed by atoms with Crippen LogP contribution in [0.3, 0.4) is 0 Å². The maximum Gasteiger partial charge on any atom is 0.245 e. The molecule has 1 aliphatic carbocycles. The molecule has 0 bridgehead atoms. The molecule has 0 aromatic carbocycles. The van der Waals surface area contributed by atoms with Crippen LogP contribution < -0.4 is 10.0 Å². The van der Waals surface area contributed by atoms with E-state index in [1.54, 1.807) is 6.07 Å². The van der Waals surface area contributed by atoms with E-state index in [1.165, 1.54) is 0 Å². The molecule has 2 N–H and O–H groups in total. The Bertz CT molecular complexity index is 566. The quantitative estimate of drug-likeness (QED) is 0.825. The van der Waals surface area contributed by atoms with Crippen molar-refractivity contribution in [1.29, 1.82) is 0 Å². The lowest BCUT2D eigenvalue weighted by molar-refractivity contribution is 0.464. The largest absolute Gasteiger partial charge is 0.452 e. The van der Waals surface area contributed by atoms with E-state index in [0.717, 1.165) is 13.0 Å². The Morgan fingerprint density at radius 3 is 2.68 bits per heavy atom. The van der Waals surface area contributed by atoms with E-state index < -0.39 is 10.0 Å². The topological polar surface area (TPSA) is 71.3 Å². The molecular weight excluding hydrogens is 332 g/mol. The van der Waals surface area contributed by atoms with Gasteiger partial charge in [-0.25, -0.2) is 13.1 Å². The standard InChI is InChI=1S/C12H19BrN2O3S/c1-4-14-7-8-5-9(11(13)18-8)19(16,17)15-10-6-12(10,2)3/h5,10,14-15H,4,6-7H2,1-3H3. The molecule has 1 heterocycles. The van der Waals surface area contributed by atoms with Gasteiger partial charge >= 0.3 is 0 Å². The van der Waals surface area contributed by atoms with Crippen LogP contribution in [0.25, 0.3) is 0 Å². The van der Waals surface area contributed by atoms with Crippen molar-refractivity contribution in [1.82, 2.24) is 10.0 Å². The highest BCUT2D eigenvalue weighted by Crippen LogP contribution is 2.45. The van der Waals surface area contributed by atoms with Crippen molar-refractivity contribution < 1.29 is 12.8 Å². The third-order valence-corrected chi connectivity index (χ3v) is 5.68. The zero-order chi connectivity index (χ0) is 14.3. The van der Waals surface area contributed by atoms with Crippen LogP contribution in [0.15, 0.2) is 20.0 Å². The van der Waals surface area contributed by atoms with Crippen LogP contribution in [0.5, 0.6) is 0 Å². The zero-order valence-corrected chi connectivity index (χ0v) is 13.7.